The molecule has 0 aliphatic heterocycles. The van der Waals surface area contributed by atoms with Gasteiger partial charge in [-0.2, -0.15) is 0 Å². The lowest BCUT2D eigenvalue weighted by atomic mass is 9.89. The Hall–Kier alpha value is -4.08. The molecule has 258 valence electrons. The number of amides is 4. The summed E-state index contributed by atoms with van der Waals surface area (Å²) in [5.74, 6) is -3.39. The third-order valence-corrected chi connectivity index (χ3v) is 6.52. The van der Waals surface area contributed by atoms with Crippen LogP contribution in [-0.4, -0.2) is 92.9 Å². The van der Waals surface area contributed by atoms with Crippen LogP contribution in [0, 0.1) is 11.8 Å². The average molecular weight is 653 g/mol. The monoisotopic (exact) mass is 652 g/mol. The van der Waals surface area contributed by atoms with Gasteiger partial charge >= 0.3 is 18.0 Å². The number of nitrogens with two attached hydrogens (primary N) is 1. The molecule has 1 aromatic carbocycles. The van der Waals surface area contributed by atoms with Crippen LogP contribution in [0.3, 0.4) is 0 Å². The molecule has 0 aliphatic carbocycles. The molecule has 0 fully saturated rings. The summed E-state index contributed by atoms with van der Waals surface area (Å²) in [5.41, 5.74) is 6.36. The molecule has 15 nitrogen and oxygen atoms in total. The number of Topliss-reactive ketones (excluding diaryl/α,β-unsaturated/α-hetero) is 1. The number of carboxylic acid groups (broad SMARTS) is 1. The van der Waals surface area contributed by atoms with Gasteiger partial charge in [-0.05, 0) is 36.5 Å². The largest absolute Gasteiger partial charge is 0.481 e. The van der Waals surface area contributed by atoms with E-state index in [1.807, 2.05) is 0 Å². The summed E-state index contributed by atoms with van der Waals surface area (Å²) in [6.07, 6.45) is 0.491. The second-order valence-electron chi connectivity index (χ2n) is 10.8. The number of hydrogen-bond donors (Lipinski definition) is 5. The summed E-state index contributed by atoms with van der Waals surface area (Å²) < 4.78 is 20.8. The van der Waals surface area contributed by atoms with Gasteiger partial charge in [-0.1, -0.05) is 26.0 Å². The first kappa shape index (κ1) is 39.9. The number of ether oxygens (including phenoxy) is 4. The molecule has 1 rings (SSSR count). The van der Waals surface area contributed by atoms with Gasteiger partial charge in [0.2, 0.25) is 11.8 Å². The van der Waals surface area contributed by atoms with Gasteiger partial charge in [-0.25, -0.2) is 4.79 Å². The van der Waals surface area contributed by atoms with E-state index in [4.69, 9.17) is 29.8 Å². The number of carboxylic acids is 1. The number of aliphatic carboxylic acids is 1. The zero-order valence-electron chi connectivity index (χ0n) is 26.8. The minimum absolute atomic E-state index is 0.0188. The van der Waals surface area contributed by atoms with Crippen molar-refractivity contribution in [3.8, 4) is 0 Å². The van der Waals surface area contributed by atoms with Crippen molar-refractivity contribution in [2.45, 2.75) is 65.5 Å². The van der Waals surface area contributed by atoms with Crippen LogP contribution in [0.1, 0.15) is 58.4 Å². The van der Waals surface area contributed by atoms with Crippen LogP contribution < -0.4 is 21.7 Å². The van der Waals surface area contributed by atoms with Gasteiger partial charge in [-0.15, -0.1) is 0 Å². The summed E-state index contributed by atoms with van der Waals surface area (Å²) in [5, 5.41) is 16.6. The summed E-state index contributed by atoms with van der Waals surface area (Å²) in [6.45, 7) is 6.52. The molecule has 0 aliphatic rings. The summed E-state index contributed by atoms with van der Waals surface area (Å²) in [7, 11) is 0. The predicted octanol–water partition coefficient (Wildman–Crippen LogP) is 1.77. The zero-order chi connectivity index (χ0) is 34.3. The first-order valence-corrected chi connectivity index (χ1v) is 15.2. The zero-order valence-corrected chi connectivity index (χ0v) is 26.8. The predicted molar refractivity (Wildman–Crippen MR) is 167 cm³/mol. The molecule has 0 heterocycles. The first-order chi connectivity index (χ1) is 21.9. The third kappa shape index (κ3) is 19.3. The lowest BCUT2D eigenvalue weighted by molar-refractivity contribution is -0.142. The van der Waals surface area contributed by atoms with E-state index in [0.717, 1.165) is 5.56 Å². The molecule has 0 aromatic heterocycles. The summed E-state index contributed by atoms with van der Waals surface area (Å²) in [4.78, 5) is 71.7. The van der Waals surface area contributed by atoms with E-state index in [-0.39, 0.29) is 96.1 Å². The highest BCUT2D eigenvalue weighted by molar-refractivity contribution is 5.97. The molecule has 0 radical (unpaired) electrons. The number of ketones is 1. The second-order valence-corrected chi connectivity index (χ2v) is 10.8. The molecule has 15 heteroatoms. The molecule has 0 saturated heterocycles. The van der Waals surface area contributed by atoms with Crippen molar-refractivity contribution in [1.82, 2.24) is 10.6 Å². The van der Waals surface area contributed by atoms with Gasteiger partial charge in [-0.3, -0.25) is 24.0 Å². The fraction of sp³-hybridized carbons (Fsp3) is 0.613. The molecule has 4 amide bonds. The molecule has 0 saturated carbocycles. The maximum Gasteiger partial charge on any atom is 0.312 e. The normalized spacial score (nSPS) is 12.2. The van der Waals surface area contributed by atoms with Crippen LogP contribution >= 0.6 is 0 Å². The summed E-state index contributed by atoms with van der Waals surface area (Å²) >= 11 is 0. The number of carbonyl (C=O) groups excluding carboxylic acids is 5. The Morgan fingerprint density at radius 3 is 2.00 bits per heavy atom. The molecule has 0 bridgehead atoms. The van der Waals surface area contributed by atoms with E-state index < -0.39 is 35.8 Å². The maximum absolute atomic E-state index is 13.4. The van der Waals surface area contributed by atoms with Crippen molar-refractivity contribution in [2.75, 3.05) is 51.5 Å². The highest BCUT2D eigenvalue weighted by Gasteiger charge is 2.29. The topological polar surface area (TPSA) is 222 Å². The van der Waals surface area contributed by atoms with Crippen molar-refractivity contribution in [2.24, 2.45) is 17.6 Å². The minimum Gasteiger partial charge on any atom is -0.481 e. The average Bonchev–Trinajstić information content (AvgIpc) is 2.99. The van der Waals surface area contributed by atoms with E-state index in [0.29, 0.717) is 12.1 Å². The maximum atomic E-state index is 13.4. The van der Waals surface area contributed by atoms with Crippen molar-refractivity contribution in [1.29, 1.82) is 0 Å². The summed E-state index contributed by atoms with van der Waals surface area (Å²) in [6, 6.07) is 5.23. The molecule has 0 unspecified atom stereocenters. The fourth-order valence-corrected chi connectivity index (χ4v) is 4.10. The Morgan fingerprint density at radius 2 is 1.46 bits per heavy atom. The Bertz CT molecular complexity index is 1110. The van der Waals surface area contributed by atoms with E-state index in [9.17, 15) is 28.8 Å². The smallest absolute Gasteiger partial charge is 0.312 e. The van der Waals surface area contributed by atoms with Crippen LogP contribution in [0.4, 0.5) is 10.5 Å². The number of urea groups is 1. The van der Waals surface area contributed by atoms with E-state index in [1.165, 1.54) is 6.92 Å². The van der Waals surface area contributed by atoms with Crippen LogP contribution in [0.25, 0.3) is 0 Å². The number of esters is 1. The van der Waals surface area contributed by atoms with Crippen LogP contribution in [-0.2, 0) is 49.5 Å². The lowest BCUT2D eigenvalue weighted by Gasteiger charge is -2.24. The Labute approximate surface area is 269 Å². The molecule has 46 heavy (non-hydrogen) atoms. The first-order valence-electron chi connectivity index (χ1n) is 15.2. The van der Waals surface area contributed by atoms with Crippen LogP contribution in [0.15, 0.2) is 24.3 Å². The van der Waals surface area contributed by atoms with Crippen LogP contribution in [0.2, 0.25) is 0 Å². The van der Waals surface area contributed by atoms with Crippen molar-refractivity contribution < 1.29 is 52.8 Å². The van der Waals surface area contributed by atoms with Gasteiger partial charge in [0.15, 0.2) is 5.78 Å². The van der Waals surface area contributed by atoms with Gasteiger partial charge in [0.1, 0.15) is 6.61 Å². The van der Waals surface area contributed by atoms with Crippen molar-refractivity contribution in [3.05, 3.63) is 29.8 Å². The molecular formula is C31H48N4O11. The van der Waals surface area contributed by atoms with Crippen molar-refractivity contribution in [3.63, 3.8) is 0 Å². The number of primary amides is 1. The number of hydrogen-bond acceptors (Lipinski definition) is 10. The molecule has 0 spiro atoms. The van der Waals surface area contributed by atoms with E-state index in [2.05, 4.69) is 16.0 Å². The standard InChI is InChI=1S/C31H48N4O11/c1-21(2)29(35-27(38)10-13-43-15-17-45-18-16-44-14-11-28(39)40)26(37)19-24(5-4-12-33-31(32)42)30(41)34-25-8-6-23(7-9-25)20-46-22(3)36/h6-9,21,24,29H,4-5,10-20H2,1-3H3,(H,34,41)(H,35,38)(H,39,40)(H3,32,33,42)/t24-,29+/m1/s1. The Morgan fingerprint density at radius 1 is 0.870 bits per heavy atom. The molecule has 2 atom stereocenters. The quantitative estimate of drug-likeness (QED) is 0.0756. The van der Waals surface area contributed by atoms with Crippen molar-refractivity contribution >= 4 is 41.3 Å². The van der Waals surface area contributed by atoms with Gasteiger partial charge in [0.05, 0.1) is 52.1 Å². The number of carbonyl (C=O) groups is 6. The highest BCUT2D eigenvalue weighted by atomic mass is 16.5. The van der Waals surface area contributed by atoms with Gasteiger partial charge in [0, 0.05) is 37.9 Å². The van der Waals surface area contributed by atoms with Gasteiger partial charge < -0.3 is 45.7 Å². The lowest BCUT2D eigenvalue weighted by Crippen LogP contribution is -2.45. The Balaban J connectivity index is 2.61. The Kier molecular flexibility index (Phi) is 20.2. The van der Waals surface area contributed by atoms with E-state index in [1.54, 1.807) is 38.1 Å². The second kappa shape index (κ2) is 23.3. The fourth-order valence-electron chi connectivity index (χ4n) is 4.10. The number of nitrogens with one attached hydrogen (secondary N) is 3. The molecular weight excluding hydrogens is 604 g/mol. The van der Waals surface area contributed by atoms with Crippen LogP contribution in [0.5, 0.6) is 0 Å². The van der Waals surface area contributed by atoms with E-state index >= 15 is 0 Å². The third-order valence-electron chi connectivity index (χ3n) is 6.52. The van der Waals surface area contributed by atoms with Gasteiger partial charge in [0.25, 0.3) is 0 Å². The highest BCUT2D eigenvalue weighted by Crippen LogP contribution is 2.19. The number of rotatable bonds is 25. The molecule has 6 N–H and O–H groups in total. The number of anilines is 1. The SMILES string of the molecule is CC(=O)OCc1ccc(NC(=O)[C@H](CCCNC(N)=O)CC(=O)[C@@H](NC(=O)CCOCCOCCOCCC(=O)O)C(C)C)cc1. The minimum atomic E-state index is -0.931. The molecule has 1 aromatic rings. The number of benzene rings is 1.